The molecule has 0 unspecified atom stereocenters. The van der Waals surface area contributed by atoms with E-state index in [9.17, 15) is 0 Å². The summed E-state index contributed by atoms with van der Waals surface area (Å²) in [5.74, 6) is 0.870. The molecule has 1 nitrogen and oxygen atoms in total. The molecule has 0 amide bonds. The summed E-state index contributed by atoms with van der Waals surface area (Å²) in [6, 6.07) is 7.73. The van der Waals surface area contributed by atoms with Gasteiger partial charge in [-0.05, 0) is 11.3 Å². The van der Waals surface area contributed by atoms with E-state index in [1.165, 1.54) is 0 Å². The molecule has 0 aliphatic carbocycles. The number of rotatable bonds is 1. The van der Waals surface area contributed by atoms with Gasteiger partial charge in [-0.1, -0.05) is 37.8 Å². The Bertz CT molecular complexity index is 233. The molecular weight excluding hydrogens is 192 g/mol. The molecule has 0 spiro atoms. The Hall–Kier alpha value is -0.546. The van der Waals surface area contributed by atoms with Crippen molar-refractivity contribution in [1.82, 2.24) is 0 Å². The van der Waals surface area contributed by atoms with Crippen molar-refractivity contribution < 1.29 is 4.74 Å². The molecule has 1 rings (SSSR count). The van der Waals surface area contributed by atoms with Crippen LogP contribution in [0.15, 0.2) is 24.3 Å². The van der Waals surface area contributed by atoms with Gasteiger partial charge in [0.15, 0.2) is 0 Å². The minimum absolute atomic E-state index is 0.120. The lowest BCUT2D eigenvalue weighted by Gasteiger charge is -2.00. The molecule has 70 valence electrons. The highest BCUT2D eigenvalue weighted by molar-refractivity contribution is 6.54. The minimum atomic E-state index is 0.120. The normalized spacial score (nSPS) is 9.08. The molecule has 0 saturated heterocycles. The maximum absolute atomic E-state index is 5.00. The highest BCUT2D eigenvalue weighted by Crippen LogP contribution is 2.01. The maximum Gasteiger partial charge on any atom is 0.117 e. The quantitative estimate of drug-likeness (QED) is 0.640. The van der Waals surface area contributed by atoms with E-state index in [1.807, 2.05) is 24.3 Å². The van der Waals surface area contributed by atoms with Gasteiger partial charge in [-0.3, -0.25) is 0 Å². The molecule has 0 atom stereocenters. The first-order valence-electron chi connectivity index (χ1n) is 4.19. The lowest BCUT2D eigenvalue weighted by atomic mass is 10.3. The summed E-state index contributed by atoms with van der Waals surface area (Å²) < 4.78 is 5.00. The van der Waals surface area contributed by atoms with E-state index in [0.717, 1.165) is 10.9 Å². The van der Waals surface area contributed by atoms with Crippen LogP contribution in [0.5, 0.6) is 5.75 Å². The summed E-state index contributed by atoms with van der Waals surface area (Å²) in [7, 11) is 5.15. The maximum atomic E-state index is 5.00. The third-order valence-electron chi connectivity index (χ3n) is 1.11. The summed E-state index contributed by atoms with van der Waals surface area (Å²) in [6.07, 6.45) is 0. The second-order valence-electron chi connectivity index (χ2n) is 3.20. The first kappa shape index (κ1) is 12.5. The smallest absolute Gasteiger partial charge is 0.117 e. The van der Waals surface area contributed by atoms with Gasteiger partial charge in [0, 0.05) is 8.80 Å². The fourth-order valence-electron chi connectivity index (χ4n) is 0.645. The van der Waals surface area contributed by atoms with Crippen LogP contribution in [0.3, 0.4) is 0 Å². The van der Waals surface area contributed by atoms with Crippen LogP contribution >= 0.6 is 0 Å². The molecule has 1 aromatic rings. The van der Waals surface area contributed by atoms with Crippen LogP contribution in [0.25, 0.3) is 0 Å². The number of hydrogen-bond donors (Lipinski definition) is 0. The van der Waals surface area contributed by atoms with E-state index >= 15 is 0 Å². The predicted octanol–water partition coefficient (Wildman–Crippen LogP) is 1.86. The van der Waals surface area contributed by atoms with Crippen LogP contribution in [0.4, 0.5) is 0 Å². The third kappa shape index (κ3) is 6.60. The Morgan fingerprint density at radius 1 is 1.15 bits per heavy atom. The highest BCUT2D eigenvalue weighted by atomic mass is 28.3. The Kier molecular flexibility index (Phi) is 6.62. The largest absolute Gasteiger partial charge is 0.497 e. The van der Waals surface area contributed by atoms with Gasteiger partial charge in [0.1, 0.15) is 5.75 Å². The topological polar surface area (TPSA) is 9.23 Å². The number of para-hydroxylation sites is 1. The zero-order valence-corrected chi connectivity index (χ0v) is 10.7. The van der Waals surface area contributed by atoms with E-state index in [1.54, 1.807) is 7.11 Å². The van der Waals surface area contributed by atoms with Crippen molar-refractivity contribution in [2.75, 3.05) is 7.11 Å². The number of benzene rings is 1. The molecule has 1 aromatic carbocycles. The van der Waals surface area contributed by atoms with Gasteiger partial charge in [0.05, 0.1) is 17.4 Å². The van der Waals surface area contributed by atoms with Crippen LogP contribution in [0, 0.1) is 0 Å². The van der Waals surface area contributed by atoms with Gasteiger partial charge < -0.3 is 4.74 Å². The summed E-state index contributed by atoms with van der Waals surface area (Å²) in [5.41, 5.74) is 0. The molecule has 0 fully saturated rings. The molecule has 0 heterocycles. The average molecular weight is 208 g/mol. The van der Waals surface area contributed by atoms with E-state index in [4.69, 9.17) is 4.74 Å². The zero-order valence-electron chi connectivity index (χ0n) is 8.72. The summed E-state index contributed by atoms with van der Waals surface area (Å²) in [6.45, 7) is 6.81. The fourth-order valence-corrected chi connectivity index (χ4v) is 0.926. The summed E-state index contributed by atoms with van der Waals surface area (Å²) in [5, 5.41) is 0.986. The molecule has 0 aliphatic rings. The van der Waals surface area contributed by atoms with Crippen LogP contribution in [0.2, 0.25) is 19.6 Å². The summed E-state index contributed by atoms with van der Waals surface area (Å²) >= 11 is 0. The minimum Gasteiger partial charge on any atom is -0.497 e. The molecule has 0 saturated carbocycles. The van der Waals surface area contributed by atoms with E-state index < -0.39 is 0 Å². The van der Waals surface area contributed by atoms with Crippen LogP contribution in [0.1, 0.15) is 0 Å². The second-order valence-corrected chi connectivity index (χ2v) is 6.74. The van der Waals surface area contributed by atoms with Crippen molar-refractivity contribution in [1.29, 1.82) is 0 Å². The van der Waals surface area contributed by atoms with E-state index in [2.05, 4.69) is 29.9 Å². The number of hydrogen-bond acceptors (Lipinski definition) is 1. The Labute approximate surface area is 86.2 Å². The lowest BCUT2D eigenvalue weighted by molar-refractivity contribution is 0.418. The van der Waals surface area contributed by atoms with E-state index in [0.29, 0.717) is 0 Å². The Balaban J connectivity index is 0.000000310. The Morgan fingerprint density at radius 2 is 1.62 bits per heavy atom. The van der Waals surface area contributed by atoms with Gasteiger partial charge in [-0.2, -0.15) is 0 Å². The molecule has 3 heteroatoms. The highest BCUT2D eigenvalue weighted by Gasteiger charge is 1.91. The first-order chi connectivity index (χ1) is 6.07. The standard InChI is InChI=1S/C7H7OSi.C3H9Si/c1-8-6-4-2-3-5-7(6)9;1-4(2)3/h2-5H,1H3;1-3H3. The fraction of sp³-hybridized carbons (Fsp3) is 0.400. The number of methoxy groups -OCH3 is 1. The van der Waals surface area contributed by atoms with Gasteiger partial charge in [-0.25, -0.2) is 0 Å². The third-order valence-corrected chi connectivity index (χ3v) is 1.52. The van der Waals surface area contributed by atoms with Crippen molar-refractivity contribution in [2.45, 2.75) is 19.6 Å². The van der Waals surface area contributed by atoms with Crippen molar-refractivity contribution in [3.8, 4) is 5.75 Å². The van der Waals surface area contributed by atoms with Gasteiger partial charge >= 0.3 is 0 Å². The molecule has 4 radical (unpaired) electrons. The van der Waals surface area contributed by atoms with Crippen molar-refractivity contribution in [3.63, 3.8) is 0 Å². The molecule has 0 N–H and O–H groups in total. The van der Waals surface area contributed by atoms with Gasteiger partial charge in [0.2, 0.25) is 0 Å². The first-order valence-corrected chi connectivity index (χ1v) is 7.69. The molecule has 0 aromatic heterocycles. The van der Waals surface area contributed by atoms with Crippen LogP contribution < -0.4 is 9.92 Å². The SMILES string of the molecule is COc1ccccc1[Si].C[Si](C)C. The van der Waals surface area contributed by atoms with E-state index in [-0.39, 0.29) is 8.80 Å². The number of ether oxygens (including phenoxy) is 1. The average Bonchev–Trinajstić information content (AvgIpc) is 2.04. The van der Waals surface area contributed by atoms with Crippen molar-refractivity contribution >= 4 is 24.2 Å². The van der Waals surface area contributed by atoms with Crippen LogP contribution in [-0.4, -0.2) is 26.1 Å². The summed E-state index contributed by atoms with van der Waals surface area (Å²) in [4.78, 5) is 0. The van der Waals surface area contributed by atoms with Crippen LogP contribution in [-0.2, 0) is 0 Å². The van der Waals surface area contributed by atoms with Crippen molar-refractivity contribution in [3.05, 3.63) is 24.3 Å². The molecule has 13 heavy (non-hydrogen) atoms. The molecule has 0 bridgehead atoms. The molecular formula is C10H16OSi2. The van der Waals surface area contributed by atoms with Gasteiger partial charge in [0.25, 0.3) is 0 Å². The van der Waals surface area contributed by atoms with Crippen molar-refractivity contribution in [2.24, 2.45) is 0 Å². The van der Waals surface area contributed by atoms with Gasteiger partial charge in [-0.15, -0.1) is 0 Å². The monoisotopic (exact) mass is 208 g/mol. The predicted molar refractivity (Wildman–Crippen MR) is 61.7 cm³/mol. The Morgan fingerprint density at radius 3 is 1.92 bits per heavy atom. The lowest BCUT2D eigenvalue weighted by Crippen LogP contribution is -2.05. The second kappa shape index (κ2) is 6.92. The molecule has 0 aliphatic heterocycles. The zero-order chi connectivity index (χ0) is 10.3.